The SMILES string of the molecule is CCc1cc(N2CCC(Nc3ccc(-n4ccc(C)n4)nn3)CC2)ncn1. The predicted molar refractivity (Wildman–Crippen MR) is 104 cm³/mol. The van der Waals surface area contributed by atoms with Crippen molar-refractivity contribution in [2.24, 2.45) is 0 Å². The van der Waals surface area contributed by atoms with Crippen molar-refractivity contribution in [3.63, 3.8) is 0 Å². The van der Waals surface area contributed by atoms with E-state index in [4.69, 9.17) is 0 Å². The van der Waals surface area contributed by atoms with Gasteiger partial charge in [-0.05, 0) is 44.4 Å². The van der Waals surface area contributed by atoms with Gasteiger partial charge in [0.05, 0.1) is 5.69 Å². The van der Waals surface area contributed by atoms with Gasteiger partial charge in [-0.3, -0.25) is 0 Å². The van der Waals surface area contributed by atoms with E-state index in [0.717, 1.165) is 61.2 Å². The summed E-state index contributed by atoms with van der Waals surface area (Å²) in [5.74, 6) is 2.55. The van der Waals surface area contributed by atoms with Crippen molar-refractivity contribution in [3.05, 3.63) is 48.2 Å². The maximum Gasteiger partial charge on any atom is 0.175 e. The summed E-state index contributed by atoms with van der Waals surface area (Å²) in [6, 6.07) is 8.33. The predicted octanol–water partition coefficient (Wildman–Crippen LogP) is 2.40. The molecule has 0 unspecified atom stereocenters. The Hall–Kier alpha value is -3.03. The molecule has 0 saturated carbocycles. The number of aromatic nitrogens is 6. The Morgan fingerprint density at radius 1 is 1.07 bits per heavy atom. The molecular weight excluding hydrogens is 340 g/mol. The molecule has 0 bridgehead atoms. The fraction of sp³-hybridized carbons (Fsp3) is 0.421. The van der Waals surface area contributed by atoms with E-state index in [1.807, 2.05) is 31.3 Å². The van der Waals surface area contributed by atoms with Crippen molar-refractivity contribution >= 4 is 11.6 Å². The van der Waals surface area contributed by atoms with Crippen LogP contribution in [0.5, 0.6) is 0 Å². The number of hydrogen-bond donors (Lipinski definition) is 1. The van der Waals surface area contributed by atoms with Crippen LogP contribution < -0.4 is 10.2 Å². The zero-order valence-electron chi connectivity index (χ0n) is 15.7. The molecule has 0 aliphatic carbocycles. The Labute approximate surface area is 158 Å². The number of nitrogens with zero attached hydrogens (tertiary/aromatic N) is 7. The van der Waals surface area contributed by atoms with Crippen LogP contribution in [0.3, 0.4) is 0 Å². The smallest absolute Gasteiger partial charge is 0.175 e. The number of piperidine rings is 1. The van der Waals surface area contributed by atoms with E-state index in [-0.39, 0.29) is 0 Å². The molecule has 0 radical (unpaired) electrons. The molecule has 3 aromatic heterocycles. The number of nitrogens with one attached hydrogen (secondary N) is 1. The summed E-state index contributed by atoms with van der Waals surface area (Å²) < 4.78 is 1.73. The Morgan fingerprint density at radius 3 is 2.59 bits per heavy atom. The summed E-state index contributed by atoms with van der Waals surface area (Å²) in [4.78, 5) is 11.0. The lowest BCUT2D eigenvalue weighted by Crippen LogP contribution is -2.39. The molecule has 3 aromatic rings. The van der Waals surface area contributed by atoms with Gasteiger partial charge in [0.15, 0.2) is 5.82 Å². The fourth-order valence-corrected chi connectivity index (χ4v) is 3.28. The van der Waals surface area contributed by atoms with E-state index in [9.17, 15) is 0 Å². The van der Waals surface area contributed by atoms with Gasteiger partial charge in [0.25, 0.3) is 0 Å². The summed E-state index contributed by atoms with van der Waals surface area (Å²) in [5.41, 5.74) is 2.04. The number of rotatable bonds is 5. The molecule has 4 rings (SSSR count). The van der Waals surface area contributed by atoms with E-state index in [2.05, 4.69) is 48.5 Å². The standard InChI is InChI=1S/C19H24N8/c1-3-15-12-19(21-13-20-15)26-9-7-16(8-10-26)22-17-4-5-18(24-23-17)27-11-6-14(2)25-27/h4-6,11-13,16H,3,7-10H2,1-2H3,(H,22,23). The highest BCUT2D eigenvalue weighted by molar-refractivity contribution is 5.41. The normalized spacial score (nSPS) is 15.1. The average molecular weight is 364 g/mol. The van der Waals surface area contributed by atoms with Gasteiger partial charge < -0.3 is 10.2 Å². The Morgan fingerprint density at radius 2 is 1.93 bits per heavy atom. The number of aryl methyl sites for hydroxylation is 2. The molecule has 1 aliphatic rings. The van der Waals surface area contributed by atoms with Crippen LogP contribution in [0.4, 0.5) is 11.6 Å². The summed E-state index contributed by atoms with van der Waals surface area (Å²) in [6.45, 7) is 6.00. The number of anilines is 2. The van der Waals surface area contributed by atoms with Gasteiger partial charge in [-0.15, -0.1) is 10.2 Å². The second kappa shape index (κ2) is 7.69. The summed E-state index contributed by atoms with van der Waals surface area (Å²) in [6.07, 6.45) is 6.55. The molecule has 4 heterocycles. The van der Waals surface area contributed by atoms with Crippen molar-refractivity contribution in [1.29, 1.82) is 0 Å². The average Bonchev–Trinajstić information content (AvgIpc) is 3.15. The van der Waals surface area contributed by atoms with Crippen LogP contribution in [0, 0.1) is 6.92 Å². The molecule has 8 nitrogen and oxygen atoms in total. The second-order valence-corrected chi connectivity index (χ2v) is 6.81. The minimum absolute atomic E-state index is 0.390. The topological polar surface area (TPSA) is 84.7 Å². The van der Waals surface area contributed by atoms with Crippen LogP contribution in [0.25, 0.3) is 5.82 Å². The molecule has 27 heavy (non-hydrogen) atoms. The van der Waals surface area contributed by atoms with E-state index in [0.29, 0.717) is 6.04 Å². The van der Waals surface area contributed by atoms with Crippen molar-refractivity contribution < 1.29 is 0 Å². The Balaban J connectivity index is 1.33. The van der Waals surface area contributed by atoms with E-state index >= 15 is 0 Å². The molecule has 0 amide bonds. The molecule has 0 atom stereocenters. The van der Waals surface area contributed by atoms with Gasteiger partial charge in [0.2, 0.25) is 0 Å². The molecule has 1 saturated heterocycles. The first-order chi connectivity index (χ1) is 13.2. The highest BCUT2D eigenvalue weighted by Gasteiger charge is 2.20. The third-order valence-electron chi connectivity index (χ3n) is 4.85. The van der Waals surface area contributed by atoms with E-state index < -0.39 is 0 Å². The molecule has 1 fully saturated rings. The van der Waals surface area contributed by atoms with Gasteiger partial charge >= 0.3 is 0 Å². The highest BCUT2D eigenvalue weighted by atomic mass is 15.3. The van der Waals surface area contributed by atoms with Gasteiger partial charge in [-0.2, -0.15) is 5.10 Å². The van der Waals surface area contributed by atoms with Crippen LogP contribution in [0.15, 0.2) is 36.8 Å². The third kappa shape index (κ3) is 4.05. The molecule has 8 heteroatoms. The molecule has 1 aliphatic heterocycles. The van der Waals surface area contributed by atoms with Crippen LogP contribution in [-0.2, 0) is 6.42 Å². The summed E-state index contributed by atoms with van der Waals surface area (Å²) in [7, 11) is 0. The summed E-state index contributed by atoms with van der Waals surface area (Å²) >= 11 is 0. The monoisotopic (exact) mass is 364 g/mol. The third-order valence-corrected chi connectivity index (χ3v) is 4.85. The molecule has 1 N–H and O–H groups in total. The molecule has 0 spiro atoms. The van der Waals surface area contributed by atoms with Crippen molar-refractivity contribution in [2.75, 3.05) is 23.3 Å². The second-order valence-electron chi connectivity index (χ2n) is 6.81. The van der Waals surface area contributed by atoms with Crippen molar-refractivity contribution in [2.45, 2.75) is 39.2 Å². The van der Waals surface area contributed by atoms with Crippen LogP contribution in [-0.4, -0.2) is 49.1 Å². The fourth-order valence-electron chi connectivity index (χ4n) is 3.28. The molecular formula is C19H24N8. The number of hydrogen-bond acceptors (Lipinski definition) is 7. The first-order valence-electron chi connectivity index (χ1n) is 9.40. The minimum atomic E-state index is 0.390. The first-order valence-corrected chi connectivity index (χ1v) is 9.40. The van der Waals surface area contributed by atoms with E-state index in [1.54, 1.807) is 11.0 Å². The van der Waals surface area contributed by atoms with E-state index in [1.165, 1.54) is 0 Å². The zero-order chi connectivity index (χ0) is 18.6. The molecule has 140 valence electrons. The maximum atomic E-state index is 4.42. The maximum absolute atomic E-state index is 4.42. The van der Waals surface area contributed by atoms with Gasteiger partial charge in [-0.1, -0.05) is 6.92 Å². The molecule has 0 aromatic carbocycles. The Kier molecular flexibility index (Phi) is 4.95. The van der Waals surface area contributed by atoms with Gasteiger partial charge in [-0.25, -0.2) is 14.6 Å². The van der Waals surface area contributed by atoms with Crippen molar-refractivity contribution in [1.82, 2.24) is 29.9 Å². The van der Waals surface area contributed by atoms with Gasteiger partial charge in [0, 0.05) is 37.1 Å². The van der Waals surface area contributed by atoms with Crippen LogP contribution >= 0.6 is 0 Å². The largest absolute Gasteiger partial charge is 0.366 e. The minimum Gasteiger partial charge on any atom is -0.366 e. The quantitative estimate of drug-likeness (QED) is 0.744. The van der Waals surface area contributed by atoms with Crippen LogP contribution in [0.2, 0.25) is 0 Å². The van der Waals surface area contributed by atoms with Gasteiger partial charge in [0.1, 0.15) is 18.0 Å². The Bertz CT molecular complexity index is 881. The summed E-state index contributed by atoms with van der Waals surface area (Å²) in [5, 5.41) is 16.4. The lowest BCUT2D eigenvalue weighted by Gasteiger charge is -2.33. The van der Waals surface area contributed by atoms with Crippen LogP contribution in [0.1, 0.15) is 31.2 Å². The highest BCUT2D eigenvalue weighted by Crippen LogP contribution is 2.20. The lowest BCUT2D eigenvalue weighted by atomic mass is 10.0. The lowest BCUT2D eigenvalue weighted by molar-refractivity contribution is 0.521. The zero-order valence-corrected chi connectivity index (χ0v) is 15.7. The van der Waals surface area contributed by atoms with Crippen molar-refractivity contribution in [3.8, 4) is 5.82 Å². The first kappa shape index (κ1) is 17.4.